The van der Waals surface area contributed by atoms with Gasteiger partial charge >= 0.3 is 7.12 Å². The second kappa shape index (κ2) is 2.66. The average Bonchev–Trinajstić information content (AvgIpc) is 2.37. The highest BCUT2D eigenvalue weighted by molar-refractivity contribution is 6.59. The van der Waals surface area contributed by atoms with E-state index in [2.05, 4.69) is 14.3 Å². The first kappa shape index (κ1) is 6.32. The van der Waals surface area contributed by atoms with Gasteiger partial charge in [-0.3, -0.25) is 0 Å². The van der Waals surface area contributed by atoms with Crippen molar-refractivity contribution >= 4 is 12.6 Å². The smallest absolute Gasteiger partial charge is 0.423 e. The Balaban J connectivity index is 2.65. The minimum atomic E-state index is -0.920. The number of hydrogen-bond acceptors (Lipinski definition) is 4. The van der Waals surface area contributed by atoms with E-state index in [1.807, 2.05) is 0 Å². The highest BCUT2D eigenvalue weighted by Gasteiger charge is 2.15. The molecule has 5 heteroatoms. The average molecular weight is 127 g/mol. The maximum Gasteiger partial charge on any atom is 0.495 e. The highest BCUT2D eigenvalue weighted by Crippen LogP contribution is 1.81. The predicted molar refractivity (Wildman–Crippen MR) is 31.1 cm³/mol. The molecule has 1 N–H and O–H groups in total. The summed E-state index contributed by atoms with van der Waals surface area (Å²) >= 11 is 0. The van der Waals surface area contributed by atoms with Gasteiger partial charge in [0.2, 0.25) is 0 Å². The summed E-state index contributed by atoms with van der Waals surface area (Å²) in [5.74, 6) is 0. The predicted octanol–water partition coefficient (Wildman–Crippen LogP) is -0.992. The van der Waals surface area contributed by atoms with Crippen LogP contribution in [-0.4, -0.2) is 24.4 Å². The minimum Gasteiger partial charge on any atom is -0.423 e. The third-order valence-electron chi connectivity index (χ3n) is 0.960. The fourth-order valence-electron chi connectivity index (χ4n) is 0.471. The summed E-state index contributed by atoms with van der Waals surface area (Å²) in [4.78, 5) is 0. The second-order valence-electron chi connectivity index (χ2n) is 1.55. The molecule has 4 nitrogen and oxygen atoms in total. The molecule has 0 atom stereocenters. The maximum atomic E-state index is 8.90. The van der Waals surface area contributed by atoms with E-state index in [-0.39, 0.29) is 0 Å². The molecular weight excluding hydrogens is 121 g/mol. The molecule has 0 aliphatic heterocycles. The fourth-order valence-corrected chi connectivity index (χ4v) is 0.471. The van der Waals surface area contributed by atoms with Crippen molar-refractivity contribution in [2.24, 2.45) is 0 Å². The Morgan fingerprint density at radius 2 is 2.67 bits per heavy atom. The van der Waals surface area contributed by atoms with Crippen LogP contribution in [0.5, 0.6) is 0 Å². The third-order valence-corrected chi connectivity index (χ3v) is 0.960. The Morgan fingerprint density at radius 3 is 3.11 bits per heavy atom. The standard InChI is InChI=1S/C4H6BNO3/c1-8-5(7)4-2-6-9-3-4/h2-3,7H,1H3. The molecule has 0 bridgehead atoms. The summed E-state index contributed by atoms with van der Waals surface area (Å²) < 4.78 is 9.00. The van der Waals surface area contributed by atoms with Gasteiger partial charge in [-0.1, -0.05) is 5.16 Å². The Bertz CT molecular complexity index is 164. The lowest BCUT2D eigenvalue weighted by molar-refractivity contribution is 0.341. The van der Waals surface area contributed by atoms with Gasteiger partial charge in [-0.15, -0.1) is 0 Å². The van der Waals surface area contributed by atoms with Gasteiger partial charge in [0.05, 0.1) is 6.20 Å². The molecule has 48 valence electrons. The van der Waals surface area contributed by atoms with Crippen molar-refractivity contribution in [3.63, 3.8) is 0 Å². The van der Waals surface area contributed by atoms with Gasteiger partial charge in [0.15, 0.2) is 0 Å². The number of nitrogens with zero attached hydrogens (tertiary/aromatic N) is 1. The molecule has 0 saturated carbocycles. The zero-order chi connectivity index (χ0) is 6.69. The van der Waals surface area contributed by atoms with Gasteiger partial charge in [-0.05, 0) is 0 Å². The minimum absolute atomic E-state index is 0.525. The van der Waals surface area contributed by atoms with Gasteiger partial charge in [-0.2, -0.15) is 0 Å². The van der Waals surface area contributed by atoms with E-state index in [9.17, 15) is 0 Å². The molecule has 1 rings (SSSR count). The van der Waals surface area contributed by atoms with Gasteiger partial charge in [0.1, 0.15) is 6.26 Å². The number of aromatic nitrogens is 1. The van der Waals surface area contributed by atoms with Crippen LogP contribution in [0.3, 0.4) is 0 Å². The lowest BCUT2D eigenvalue weighted by Crippen LogP contribution is -2.30. The molecule has 0 spiro atoms. The van der Waals surface area contributed by atoms with Crippen molar-refractivity contribution in [2.45, 2.75) is 0 Å². The van der Waals surface area contributed by atoms with E-state index in [1.54, 1.807) is 0 Å². The van der Waals surface area contributed by atoms with Gasteiger partial charge in [-0.25, -0.2) is 0 Å². The van der Waals surface area contributed by atoms with E-state index < -0.39 is 7.12 Å². The number of hydrogen-bond donors (Lipinski definition) is 1. The molecule has 0 fully saturated rings. The Hall–Kier alpha value is -0.805. The molecule has 0 aliphatic carbocycles. The molecule has 1 aromatic heterocycles. The molecule has 0 saturated heterocycles. The molecule has 0 radical (unpaired) electrons. The van der Waals surface area contributed by atoms with Crippen LogP contribution >= 0.6 is 0 Å². The molecule has 9 heavy (non-hydrogen) atoms. The normalized spacial score (nSPS) is 9.56. The third kappa shape index (κ3) is 1.31. The molecule has 1 aromatic rings. The lowest BCUT2D eigenvalue weighted by Gasteiger charge is -1.94. The van der Waals surface area contributed by atoms with E-state index in [0.29, 0.717) is 5.46 Å². The van der Waals surface area contributed by atoms with Gasteiger partial charge < -0.3 is 14.2 Å². The van der Waals surface area contributed by atoms with E-state index in [4.69, 9.17) is 5.02 Å². The summed E-state index contributed by atoms with van der Waals surface area (Å²) in [7, 11) is 0.480. The topological polar surface area (TPSA) is 55.5 Å². The van der Waals surface area contributed by atoms with Crippen molar-refractivity contribution in [1.82, 2.24) is 5.16 Å². The van der Waals surface area contributed by atoms with Crippen LogP contribution in [0, 0.1) is 0 Å². The monoisotopic (exact) mass is 127 g/mol. The first-order valence-corrected chi connectivity index (χ1v) is 2.44. The van der Waals surface area contributed by atoms with E-state index >= 15 is 0 Å². The molecule has 0 aliphatic rings. The first-order chi connectivity index (χ1) is 4.34. The largest absolute Gasteiger partial charge is 0.495 e. The van der Waals surface area contributed by atoms with Crippen LogP contribution < -0.4 is 5.46 Å². The summed E-state index contributed by atoms with van der Waals surface area (Å²) in [6, 6.07) is 0. The van der Waals surface area contributed by atoms with E-state index in [0.717, 1.165) is 0 Å². The van der Waals surface area contributed by atoms with Crippen molar-refractivity contribution in [2.75, 3.05) is 7.11 Å². The second-order valence-corrected chi connectivity index (χ2v) is 1.55. The van der Waals surface area contributed by atoms with E-state index in [1.165, 1.54) is 19.6 Å². The van der Waals surface area contributed by atoms with Crippen LogP contribution in [-0.2, 0) is 4.65 Å². The van der Waals surface area contributed by atoms with Crippen LogP contribution in [0.4, 0.5) is 0 Å². The molecule has 0 amide bonds. The molecular formula is C4H6BNO3. The van der Waals surface area contributed by atoms with Crippen molar-refractivity contribution in [1.29, 1.82) is 0 Å². The fraction of sp³-hybridized carbons (Fsp3) is 0.250. The van der Waals surface area contributed by atoms with Crippen molar-refractivity contribution in [3.8, 4) is 0 Å². The Kier molecular flexibility index (Phi) is 1.86. The molecule has 0 unspecified atom stereocenters. The summed E-state index contributed by atoms with van der Waals surface area (Å²) in [6.45, 7) is 0. The Labute approximate surface area is 52.6 Å². The first-order valence-electron chi connectivity index (χ1n) is 2.44. The Morgan fingerprint density at radius 1 is 1.89 bits per heavy atom. The molecule has 1 heterocycles. The van der Waals surface area contributed by atoms with Crippen LogP contribution in [0.15, 0.2) is 17.0 Å². The lowest BCUT2D eigenvalue weighted by atomic mass is 9.83. The SMILES string of the molecule is COB(O)c1cnoc1. The zero-order valence-corrected chi connectivity index (χ0v) is 4.94. The summed E-state index contributed by atoms with van der Waals surface area (Å²) in [5, 5.41) is 12.3. The maximum absolute atomic E-state index is 8.90. The molecule has 0 aromatic carbocycles. The van der Waals surface area contributed by atoms with Crippen LogP contribution in [0.2, 0.25) is 0 Å². The van der Waals surface area contributed by atoms with Gasteiger partial charge in [0, 0.05) is 12.6 Å². The quantitative estimate of drug-likeness (QED) is 0.518. The van der Waals surface area contributed by atoms with Crippen molar-refractivity contribution in [3.05, 3.63) is 12.5 Å². The highest BCUT2D eigenvalue weighted by atomic mass is 16.5. The van der Waals surface area contributed by atoms with Crippen molar-refractivity contribution < 1.29 is 14.2 Å². The number of rotatable bonds is 2. The van der Waals surface area contributed by atoms with Crippen LogP contribution in [0.25, 0.3) is 0 Å². The summed E-state index contributed by atoms with van der Waals surface area (Å²) in [5.41, 5.74) is 0.525. The zero-order valence-electron chi connectivity index (χ0n) is 4.94. The summed E-state index contributed by atoms with van der Waals surface area (Å²) in [6.07, 6.45) is 2.72. The van der Waals surface area contributed by atoms with Crippen LogP contribution in [0.1, 0.15) is 0 Å². The van der Waals surface area contributed by atoms with Gasteiger partial charge in [0.25, 0.3) is 0 Å².